The smallest absolute Gasteiger partial charge is 0.230 e. The molecule has 3 nitrogen and oxygen atoms in total. The van der Waals surface area contributed by atoms with E-state index in [1.807, 2.05) is 18.2 Å². The summed E-state index contributed by atoms with van der Waals surface area (Å²) < 4.78 is 27.4. The average molecular weight is 345 g/mol. The summed E-state index contributed by atoms with van der Waals surface area (Å²) in [5.41, 5.74) is -1.31. The third-order valence-corrected chi connectivity index (χ3v) is 5.08. The van der Waals surface area contributed by atoms with E-state index in [4.69, 9.17) is 0 Å². The Labute approximate surface area is 145 Å². The number of amides is 1. The first-order chi connectivity index (χ1) is 11.8. The minimum atomic E-state index is -1.23. The summed E-state index contributed by atoms with van der Waals surface area (Å²) in [6.07, 6.45) is 1.82. The topological polar surface area (TPSA) is 49.3 Å². The summed E-state index contributed by atoms with van der Waals surface area (Å²) in [5, 5.41) is 13.4. The van der Waals surface area contributed by atoms with Gasteiger partial charge in [-0.15, -0.1) is 0 Å². The van der Waals surface area contributed by atoms with Crippen molar-refractivity contribution < 1.29 is 18.7 Å². The minimum absolute atomic E-state index is 0.0143. The molecule has 0 radical (unpaired) electrons. The maximum atomic E-state index is 14.2. The highest BCUT2D eigenvalue weighted by atomic mass is 19.1. The van der Waals surface area contributed by atoms with Crippen LogP contribution in [0.4, 0.5) is 8.78 Å². The second-order valence-electron chi connectivity index (χ2n) is 6.88. The standard InChI is InChI=1S/C20H21F2NO2/c1-19(25,14-6-3-2-4-7-14)13-23-18(24)20(10-5-11-20)16-9-8-15(21)12-17(16)22/h2-4,6-9,12,25H,5,10-11,13H2,1H3,(H,23,24). The molecule has 1 aliphatic rings. The molecule has 1 saturated carbocycles. The fourth-order valence-electron chi connectivity index (χ4n) is 3.35. The van der Waals surface area contributed by atoms with Gasteiger partial charge in [-0.25, -0.2) is 8.78 Å². The van der Waals surface area contributed by atoms with Gasteiger partial charge in [0.05, 0.1) is 12.0 Å². The molecule has 5 heteroatoms. The number of nitrogens with one attached hydrogen (secondary N) is 1. The lowest BCUT2D eigenvalue weighted by atomic mass is 9.63. The summed E-state index contributed by atoms with van der Waals surface area (Å²) in [6, 6.07) is 12.4. The molecule has 25 heavy (non-hydrogen) atoms. The molecule has 0 spiro atoms. The zero-order chi connectivity index (χ0) is 18.1. The van der Waals surface area contributed by atoms with E-state index in [9.17, 15) is 18.7 Å². The summed E-state index contributed by atoms with van der Waals surface area (Å²) in [7, 11) is 0. The number of aliphatic hydroxyl groups is 1. The first-order valence-corrected chi connectivity index (χ1v) is 8.37. The maximum absolute atomic E-state index is 14.2. The molecule has 1 aliphatic carbocycles. The predicted molar refractivity (Wildman–Crippen MR) is 90.9 cm³/mol. The van der Waals surface area contributed by atoms with E-state index in [-0.39, 0.29) is 18.0 Å². The van der Waals surface area contributed by atoms with Gasteiger partial charge in [-0.05, 0) is 31.4 Å². The molecule has 1 fully saturated rings. The van der Waals surface area contributed by atoms with Crippen molar-refractivity contribution in [2.24, 2.45) is 0 Å². The van der Waals surface area contributed by atoms with Crippen molar-refractivity contribution in [1.29, 1.82) is 0 Å². The third kappa shape index (κ3) is 3.29. The van der Waals surface area contributed by atoms with E-state index in [0.29, 0.717) is 18.4 Å². The number of rotatable bonds is 5. The van der Waals surface area contributed by atoms with Gasteiger partial charge in [0.25, 0.3) is 0 Å². The van der Waals surface area contributed by atoms with Crippen molar-refractivity contribution in [3.63, 3.8) is 0 Å². The fraction of sp³-hybridized carbons (Fsp3) is 0.350. The number of hydrogen-bond acceptors (Lipinski definition) is 2. The molecule has 0 bridgehead atoms. The number of halogens is 2. The summed E-state index contributed by atoms with van der Waals surface area (Å²) in [4.78, 5) is 12.8. The van der Waals surface area contributed by atoms with Crippen LogP contribution >= 0.6 is 0 Å². The van der Waals surface area contributed by atoms with Gasteiger partial charge in [0, 0.05) is 11.6 Å². The molecule has 132 valence electrons. The van der Waals surface area contributed by atoms with E-state index < -0.39 is 22.7 Å². The maximum Gasteiger partial charge on any atom is 0.230 e. The first-order valence-electron chi connectivity index (χ1n) is 8.37. The molecule has 3 rings (SSSR count). The Bertz CT molecular complexity index is 771. The lowest BCUT2D eigenvalue weighted by molar-refractivity contribution is -0.131. The zero-order valence-corrected chi connectivity index (χ0v) is 14.1. The molecule has 1 amide bonds. The Morgan fingerprint density at radius 2 is 1.88 bits per heavy atom. The molecule has 2 aromatic rings. The molecule has 0 saturated heterocycles. The van der Waals surface area contributed by atoms with Crippen LogP contribution in [-0.4, -0.2) is 17.6 Å². The van der Waals surface area contributed by atoms with Gasteiger partial charge in [-0.1, -0.05) is 42.8 Å². The Hall–Kier alpha value is -2.27. The van der Waals surface area contributed by atoms with Crippen LogP contribution in [0.5, 0.6) is 0 Å². The second kappa shape index (κ2) is 6.56. The SMILES string of the molecule is CC(O)(CNC(=O)C1(c2ccc(F)cc2F)CCC1)c1ccccc1. The lowest BCUT2D eigenvalue weighted by Crippen LogP contribution is -2.52. The molecule has 1 atom stereocenters. The third-order valence-electron chi connectivity index (χ3n) is 5.08. The number of carbonyl (C=O) groups excluding carboxylic acids is 1. The van der Waals surface area contributed by atoms with Gasteiger partial charge >= 0.3 is 0 Å². The quantitative estimate of drug-likeness (QED) is 0.872. The molecule has 2 aromatic carbocycles. The van der Waals surface area contributed by atoms with E-state index >= 15 is 0 Å². The second-order valence-corrected chi connectivity index (χ2v) is 6.88. The molecule has 1 unspecified atom stereocenters. The summed E-state index contributed by atoms with van der Waals surface area (Å²) in [5.74, 6) is -1.70. The van der Waals surface area contributed by atoms with E-state index in [1.54, 1.807) is 19.1 Å². The Morgan fingerprint density at radius 1 is 1.20 bits per heavy atom. The van der Waals surface area contributed by atoms with Gasteiger partial charge in [0.15, 0.2) is 0 Å². The highest BCUT2D eigenvalue weighted by Crippen LogP contribution is 2.45. The van der Waals surface area contributed by atoms with Crippen LogP contribution in [0, 0.1) is 11.6 Å². The van der Waals surface area contributed by atoms with Gasteiger partial charge < -0.3 is 10.4 Å². The van der Waals surface area contributed by atoms with Crippen LogP contribution in [0.3, 0.4) is 0 Å². The highest BCUT2D eigenvalue weighted by molar-refractivity contribution is 5.89. The molecule has 2 N–H and O–H groups in total. The van der Waals surface area contributed by atoms with E-state index in [2.05, 4.69) is 5.32 Å². The van der Waals surface area contributed by atoms with Gasteiger partial charge in [0.2, 0.25) is 5.91 Å². The van der Waals surface area contributed by atoms with Crippen LogP contribution in [-0.2, 0) is 15.8 Å². The van der Waals surface area contributed by atoms with Gasteiger partial charge in [-0.2, -0.15) is 0 Å². The van der Waals surface area contributed by atoms with Crippen molar-refractivity contribution >= 4 is 5.91 Å². The Balaban J connectivity index is 1.77. The van der Waals surface area contributed by atoms with Crippen molar-refractivity contribution in [3.05, 3.63) is 71.3 Å². The van der Waals surface area contributed by atoms with Crippen LogP contribution in [0.25, 0.3) is 0 Å². The van der Waals surface area contributed by atoms with Crippen molar-refractivity contribution in [2.45, 2.75) is 37.2 Å². The largest absolute Gasteiger partial charge is 0.384 e. The predicted octanol–water partition coefficient (Wildman–Crippen LogP) is 3.41. The number of hydrogen-bond donors (Lipinski definition) is 2. The normalized spacial score (nSPS) is 18.1. The van der Waals surface area contributed by atoms with Crippen molar-refractivity contribution in [1.82, 2.24) is 5.32 Å². The first kappa shape index (κ1) is 17.5. The number of carbonyl (C=O) groups is 1. The summed E-state index contributed by atoms with van der Waals surface area (Å²) in [6.45, 7) is 1.63. The van der Waals surface area contributed by atoms with Gasteiger partial charge in [0.1, 0.15) is 17.2 Å². The van der Waals surface area contributed by atoms with Crippen LogP contribution < -0.4 is 5.32 Å². The number of benzene rings is 2. The van der Waals surface area contributed by atoms with E-state index in [0.717, 1.165) is 12.5 Å². The van der Waals surface area contributed by atoms with Crippen molar-refractivity contribution in [2.75, 3.05) is 6.54 Å². The zero-order valence-electron chi connectivity index (χ0n) is 14.1. The molecule has 0 aromatic heterocycles. The molecular weight excluding hydrogens is 324 g/mol. The Kier molecular flexibility index (Phi) is 4.60. The van der Waals surface area contributed by atoms with Crippen LogP contribution in [0.15, 0.2) is 48.5 Å². The molecule has 0 aliphatic heterocycles. The average Bonchev–Trinajstić information content (AvgIpc) is 2.55. The monoisotopic (exact) mass is 345 g/mol. The van der Waals surface area contributed by atoms with E-state index in [1.165, 1.54) is 12.1 Å². The fourth-order valence-corrected chi connectivity index (χ4v) is 3.35. The molecular formula is C20H21F2NO2. The summed E-state index contributed by atoms with van der Waals surface area (Å²) >= 11 is 0. The minimum Gasteiger partial charge on any atom is -0.384 e. The van der Waals surface area contributed by atoms with Crippen LogP contribution in [0.1, 0.15) is 37.3 Å². The Morgan fingerprint density at radius 3 is 2.44 bits per heavy atom. The van der Waals surface area contributed by atoms with Crippen LogP contribution in [0.2, 0.25) is 0 Å². The highest BCUT2D eigenvalue weighted by Gasteiger charge is 2.47. The van der Waals surface area contributed by atoms with Gasteiger partial charge in [-0.3, -0.25) is 4.79 Å². The molecule has 0 heterocycles. The lowest BCUT2D eigenvalue weighted by Gasteiger charge is -2.41. The van der Waals surface area contributed by atoms with Crippen molar-refractivity contribution in [3.8, 4) is 0 Å².